The van der Waals surface area contributed by atoms with Crippen molar-refractivity contribution in [2.75, 3.05) is 32.9 Å². The maximum Gasteiger partial charge on any atom is 0.0950 e. The molecule has 0 aliphatic heterocycles. The standard InChI is InChI=1S/C15H25NO2/c1-4-16-12-15(18-10-9-17-5-2)14-8-6-7-13(3)11-14/h6-8,11,15-16H,4-5,9-10,12H2,1-3H3. The molecule has 18 heavy (non-hydrogen) atoms. The summed E-state index contributed by atoms with van der Waals surface area (Å²) in [5, 5.41) is 3.34. The van der Waals surface area contributed by atoms with Crippen LogP contribution in [-0.4, -0.2) is 32.9 Å². The fourth-order valence-electron chi connectivity index (χ4n) is 1.81. The molecule has 1 N–H and O–H groups in total. The normalized spacial score (nSPS) is 12.6. The third kappa shape index (κ3) is 5.63. The van der Waals surface area contributed by atoms with Gasteiger partial charge in [-0.1, -0.05) is 36.8 Å². The minimum Gasteiger partial charge on any atom is -0.379 e. The lowest BCUT2D eigenvalue weighted by atomic mass is 10.1. The molecule has 0 aromatic heterocycles. The van der Waals surface area contributed by atoms with E-state index in [1.165, 1.54) is 11.1 Å². The highest BCUT2D eigenvalue weighted by atomic mass is 16.5. The Morgan fingerprint density at radius 3 is 2.72 bits per heavy atom. The van der Waals surface area contributed by atoms with Gasteiger partial charge in [-0.2, -0.15) is 0 Å². The number of aryl methyl sites for hydroxylation is 1. The van der Waals surface area contributed by atoms with Crippen LogP contribution < -0.4 is 5.32 Å². The van der Waals surface area contributed by atoms with Gasteiger partial charge < -0.3 is 14.8 Å². The van der Waals surface area contributed by atoms with E-state index in [9.17, 15) is 0 Å². The largest absolute Gasteiger partial charge is 0.379 e. The first-order valence-corrected chi connectivity index (χ1v) is 6.74. The lowest BCUT2D eigenvalue weighted by Crippen LogP contribution is -2.24. The second-order valence-electron chi connectivity index (χ2n) is 4.28. The molecule has 0 spiro atoms. The predicted octanol–water partition coefficient (Wildman–Crippen LogP) is 2.70. The molecule has 1 aromatic rings. The van der Waals surface area contributed by atoms with Gasteiger partial charge in [0.25, 0.3) is 0 Å². The highest BCUT2D eigenvalue weighted by Gasteiger charge is 2.11. The molecule has 0 radical (unpaired) electrons. The topological polar surface area (TPSA) is 30.5 Å². The predicted molar refractivity (Wildman–Crippen MR) is 74.9 cm³/mol. The first-order valence-electron chi connectivity index (χ1n) is 6.74. The highest BCUT2D eigenvalue weighted by Crippen LogP contribution is 2.17. The Balaban J connectivity index is 2.54. The first-order chi connectivity index (χ1) is 8.77. The average Bonchev–Trinajstić information content (AvgIpc) is 2.38. The second kappa shape index (κ2) is 9.09. The minimum atomic E-state index is 0.102. The Hall–Kier alpha value is -0.900. The van der Waals surface area contributed by atoms with Crippen LogP contribution in [0.15, 0.2) is 24.3 Å². The quantitative estimate of drug-likeness (QED) is 0.685. The molecule has 3 nitrogen and oxygen atoms in total. The fourth-order valence-corrected chi connectivity index (χ4v) is 1.81. The van der Waals surface area contributed by atoms with Crippen LogP contribution in [-0.2, 0) is 9.47 Å². The van der Waals surface area contributed by atoms with Crippen LogP contribution >= 0.6 is 0 Å². The molecule has 0 aliphatic rings. The zero-order valence-corrected chi connectivity index (χ0v) is 11.7. The Bertz CT molecular complexity index is 328. The van der Waals surface area contributed by atoms with E-state index >= 15 is 0 Å². The molecule has 3 heteroatoms. The van der Waals surface area contributed by atoms with Crippen molar-refractivity contribution in [3.8, 4) is 0 Å². The Kier molecular flexibility index (Phi) is 7.65. The van der Waals surface area contributed by atoms with E-state index in [2.05, 4.69) is 43.4 Å². The fraction of sp³-hybridized carbons (Fsp3) is 0.600. The van der Waals surface area contributed by atoms with Crippen molar-refractivity contribution in [1.29, 1.82) is 0 Å². The number of hydrogen-bond acceptors (Lipinski definition) is 3. The number of nitrogens with one attached hydrogen (secondary N) is 1. The summed E-state index contributed by atoms with van der Waals surface area (Å²) in [6.07, 6.45) is 0.102. The summed E-state index contributed by atoms with van der Waals surface area (Å²) in [4.78, 5) is 0. The van der Waals surface area contributed by atoms with Crippen molar-refractivity contribution in [1.82, 2.24) is 5.32 Å². The maximum atomic E-state index is 5.90. The maximum absolute atomic E-state index is 5.90. The van der Waals surface area contributed by atoms with E-state index < -0.39 is 0 Å². The Morgan fingerprint density at radius 1 is 1.22 bits per heavy atom. The van der Waals surface area contributed by atoms with Crippen LogP contribution in [0.4, 0.5) is 0 Å². The number of ether oxygens (including phenoxy) is 2. The van der Waals surface area contributed by atoms with Crippen molar-refractivity contribution in [2.24, 2.45) is 0 Å². The van der Waals surface area contributed by atoms with Gasteiger partial charge in [-0.15, -0.1) is 0 Å². The van der Waals surface area contributed by atoms with Gasteiger partial charge in [0.1, 0.15) is 0 Å². The van der Waals surface area contributed by atoms with E-state index in [1.54, 1.807) is 0 Å². The molecule has 0 heterocycles. The zero-order valence-electron chi connectivity index (χ0n) is 11.7. The van der Waals surface area contributed by atoms with E-state index in [4.69, 9.17) is 9.47 Å². The SMILES string of the molecule is CCNCC(OCCOCC)c1cccc(C)c1. The number of rotatable bonds is 9. The molecule has 1 aromatic carbocycles. The average molecular weight is 251 g/mol. The van der Waals surface area contributed by atoms with Gasteiger partial charge in [0.15, 0.2) is 0 Å². The van der Waals surface area contributed by atoms with Crippen LogP contribution in [0.1, 0.15) is 31.1 Å². The summed E-state index contributed by atoms with van der Waals surface area (Å²) in [5.41, 5.74) is 2.50. The third-order valence-electron chi connectivity index (χ3n) is 2.74. The van der Waals surface area contributed by atoms with Gasteiger partial charge in [-0.05, 0) is 26.0 Å². The number of likely N-dealkylation sites (N-methyl/N-ethyl adjacent to an activating group) is 1. The molecular weight excluding hydrogens is 226 g/mol. The lowest BCUT2D eigenvalue weighted by Gasteiger charge is -2.19. The lowest BCUT2D eigenvalue weighted by molar-refractivity contribution is 0.00706. The van der Waals surface area contributed by atoms with Crippen molar-refractivity contribution in [3.63, 3.8) is 0 Å². The van der Waals surface area contributed by atoms with Crippen molar-refractivity contribution < 1.29 is 9.47 Å². The van der Waals surface area contributed by atoms with Crippen LogP contribution in [0, 0.1) is 6.92 Å². The third-order valence-corrected chi connectivity index (χ3v) is 2.74. The summed E-state index contributed by atoms with van der Waals surface area (Å²) >= 11 is 0. The summed E-state index contributed by atoms with van der Waals surface area (Å²) in [6.45, 7) is 10.0. The summed E-state index contributed by atoms with van der Waals surface area (Å²) < 4.78 is 11.2. The van der Waals surface area contributed by atoms with Gasteiger partial charge in [-0.3, -0.25) is 0 Å². The van der Waals surface area contributed by atoms with Gasteiger partial charge in [0, 0.05) is 13.2 Å². The second-order valence-corrected chi connectivity index (χ2v) is 4.28. The van der Waals surface area contributed by atoms with Gasteiger partial charge in [0.05, 0.1) is 19.3 Å². The molecule has 0 amide bonds. The van der Waals surface area contributed by atoms with Gasteiger partial charge in [0.2, 0.25) is 0 Å². The van der Waals surface area contributed by atoms with E-state index in [0.717, 1.165) is 19.7 Å². The summed E-state index contributed by atoms with van der Waals surface area (Å²) in [6, 6.07) is 8.49. The molecule has 0 bridgehead atoms. The van der Waals surface area contributed by atoms with Crippen molar-refractivity contribution >= 4 is 0 Å². The molecule has 1 rings (SSSR count). The van der Waals surface area contributed by atoms with Crippen molar-refractivity contribution in [3.05, 3.63) is 35.4 Å². The van der Waals surface area contributed by atoms with Gasteiger partial charge >= 0.3 is 0 Å². The number of benzene rings is 1. The first kappa shape index (κ1) is 15.2. The van der Waals surface area contributed by atoms with E-state index in [-0.39, 0.29) is 6.10 Å². The Morgan fingerprint density at radius 2 is 2.06 bits per heavy atom. The minimum absolute atomic E-state index is 0.102. The molecule has 0 fully saturated rings. The molecule has 1 unspecified atom stereocenters. The summed E-state index contributed by atoms with van der Waals surface area (Å²) in [5.74, 6) is 0. The Labute approximate surface area is 110 Å². The van der Waals surface area contributed by atoms with E-state index in [1.807, 2.05) is 6.92 Å². The molecular formula is C15H25NO2. The van der Waals surface area contributed by atoms with Crippen molar-refractivity contribution in [2.45, 2.75) is 26.9 Å². The van der Waals surface area contributed by atoms with Crippen LogP contribution in [0.5, 0.6) is 0 Å². The van der Waals surface area contributed by atoms with Crippen LogP contribution in [0.2, 0.25) is 0 Å². The molecule has 102 valence electrons. The van der Waals surface area contributed by atoms with Gasteiger partial charge in [-0.25, -0.2) is 0 Å². The number of hydrogen-bond donors (Lipinski definition) is 1. The highest BCUT2D eigenvalue weighted by molar-refractivity contribution is 5.24. The monoisotopic (exact) mass is 251 g/mol. The molecule has 1 atom stereocenters. The summed E-state index contributed by atoms with van der Waals surface area (Å²) in [7, 11) is 0. The van der Waals surface area contributed by atoms with Crippen LogP contribution in [0.25, 0.3) is 0 Å². The van der Waals surface area contributed by atoms with Crippen LogP contribution in [0.3, 0.4) is 0 Å². The molecule has 0 saturated heterocycles. The smallest absolute Gasteiger partial charge is 0.0950 e. The van der Waals surface area contributed by atoms with E-state index in [0.29, 0.717) is 13.2 Å². The zero-order chi connectivity index (χ0) is 13.2. The molecule has 0 aliphatic carbocycles. The molecule has 0 saturated carbocycles.